The maximum atomic E-state index is 15.9. The fourth-order valence-corrected chi connectivity index (χ4v) is 7.78. The van der Waals surface area contributed by atoms with Gasteiger partial charge in [0.05, 0.1) is 64.8 Å². The van der Waals surface area contributed by atoms with Gasteiger partial charge in [-0.05, 0) is 37.1 Å². The summed E-state index contributed by atoms with van der Waals surface area (Å²) < 4.78 is 36.0. The Hall–Kier alpha value is -3.22. The maximum Gasteiger partial charge on any atom is 0.263 e. The molecule has 9 nitrogen and oxygen atoms in total. The van der Waals surface area contributed by atoms with E-state index in [-0.39, 0.29) is 64.4 Å². The third-order valence-electron chi connectivity index (χ3n) is 9.23. The summed E-state index contributed by atoms with van der Waals surface area (Å²) in [6.45, 7) is 2.70. The van der Waals surface area contributed by atoms with Gasteiger partial charge in [-0.3, -0.25) is 14.3 Å². The van der Waals surface area contributed by atoms with E-state index in [0.717, 1.165) is 31.6 Å². The van der Waals surface area contributed by atoms with Crippen LogP contribution in [0.15, 0.2) is 42.5 Å². The predicted octanol–water partition coefficient (Wildman–Crippen LogP) is 6.00. The molecule has 2 amide bonds. The highest BCUT2D eigenvalue weighted by Crippen LogP contribution is 2.43. The first kappa shape index (κ1) is 31.4. The van der Waals surface area contributed by atoms with Crippen LogP contribution in [0, 0.1) is 5.82 Å². The van der Waals surface area contributed by atoms with E-state index in [0.29, 0.717) is 41.3 Å². The zero-order chi connectivity index (χ0) is 32.1. The fraction of sp³-hybridized carbons (Fsp3) is 0.394. The van der Waals surface area contributed by atoms with Crippen LogP contribution < -0.4 is 19.3 Å². The lowest BCUT2D eigenvalue weighted by molar-refractivity contribution is 0.0516. The molecule has 0 aliphatic carbocycles. The molecule has 0 saturated carbocycles. The Bertz CT molecular complexity index is 1670. The first-order chi connectivity index (χ1) is 22.3. The minimum Gasteiger partial charge on any atom is -0.472 e. The summed E-state index contributed by atoms with van der Waals surface area (Å²) in [5, 5.41) is 0.510. The van der Waals surface area contributed by atoms with Crippen molar-refractivity contribution in [2.45, 2.75) is 37.6 Å². The van der Waals surface area contributed by atoms with Crippen molar-refractivity contribution in [3.8, 4) is 16.9 Å². The van der Waals surface area contributed by atoms with Gasteiger partial charge in [0.1, 0.15) is 11.6 Å². The number of morpholine rings is 1. The number of hydrogen-bond donors (Lipinski definition) is 1. The number of carbonyl (C=O) groups excluding carboxylic acids is 2. The lowest BCUT2D eigenvalue weighted by Gasteiger charge is -2.40. The number of ether oxygens (including phenoxy) is 3. The van der Waals surface area contributed by atoms with E-state index >= 15 is 4.39 Å². The van der Waals surface area contributed by atoms with Crippen molar-refractivity contribution in [1.29, 1.82) is 0 Å². The molecule has 46 heavy (non-hydrogen) atoms. The van der Waals surface area contributed by atoms with Gasteiger partial charge < -0.3 is 28.9 Å². The molecule has 4 aliphatic heterocycles. The number of benzene rings is 3. The average molecular weight is 688 g/mol. The van der Waals surface area contributed by atoms with E-state index in [1.165, 1.54) is 22.9 Å². The number of anilines is 2. The highest BCUT2D eigenvalue weighted by Gasteiger charge is 2.40. The molecule has 3 fully saturated rings. The van der Waals surface area contributed by atoms with Gasteiger partial charge in [0, 0.05) is 48.8 Å². The van der Waals surface area contributed by atoms with Crippen LogP contribution in [0.1, 0.15) is 39.1 Å². The number of amides is 2. The van der Waals surface area contributed by atoms with Crippen molar-refractivity contribution in [1.82, 2.24) is 9.62 Å². The third kappa shape index (κ3) is 5.56. The molecule has 3 aromatic rings. The summed E-state index contributed by atoms with van der Waals surface area (Å²) in [5.74, 6) is -0.769. The Morgan fingerprint density at radius 3 is 2.43 bits per heavy atom. The third-order valence-corrected chi connectivity index (χ3v) is 10.2. The van der Waals surface area contributed by atoms with Crippen LogP contribution in [0.3, 0.4) is 0 Å². The number of nitrogens with zero attached hydrogens (tertiary/aromatic N) is 3. The standard InChI is InChI=1S/C33H33Cl2FN4O5S/c1-43-22-13-38(14-22)21-8-26(34)30(27(35)9-21)33(42)39-12-18-4-3-5-23(31(18)45-17-39)24-11-29(25(10-28(24)36)32(41)37-46-2)40-19-6-7-20(40)16-44-15-19/h3-5,8-11,19-20,22H,6-7,12-17H2,1-2H3,(H,37,41). The van der Waals surface area contributed by atoms with Crippen LogP contribution in [0.5, 0.6) is 5.75 Å². The molecule has 7 rings (SSSR count). The van der Waals surface area contributed by atoms with Gasteiger partial charge in [-0.2, -0.15) is 0 Å². The first-order valence-corrected chi connectivity index (χ1v) is 17.1. The zero-order valence-electron chi connectivity index (χ0n) is 25.4. The summed E-state index contributed by atoms with van der Waals surface area (Å²) in [6.07, 6.45) is 3.79. The van der Waals surface area contributed by atoms with Crippen molar-refractivity contribution in [2.24, 2.45) is 0 Å². The van der Waals surface area contributed by atoms with Crippen LogP contribution in [0.25, 0.3) is 11.1 Å². The SMILES string of the molecule is COC1CN(c2cc(Cl)c(C(=O)N3COc4c(cccc4-c4cc(N5C6CCC5COC6)c(C(=O)NSC)cc4F)C3)c(Cl)c2)C1. The van der Waals surface area contributed by atoms with Gasteiger partial charge in [-0.25, -0.2) is 4.39 Å². The van der Waals surface area contributed by atoms with Crippen LogP contribution in [0.4, 0.5) is 15.8 Å². The van der Waals surface area contributed by atoms with Gasteiger partial charge >= 0.3 is 0 Å². The molecule has 2 bridgehead atoms. The number of carbonyl (C=O) groups is 2. The molecule has 242 valence electrons. The summed E-state index contributed by atoms with van der Waals surface area (Å²) in [5.41, 5.74) is 3.56. The van der Waals surface area contributed by atoms with E-state index in [4.69, 9.17) is 37.4 Å². The summed E-state index contributed by atoms with van der Waals surface area (Å²) >= 11 is 14.4. The van der Waals surface area contributed by atoms with Crippen molar-refractivity contribution in [3.05, 3.63) is 75.0 Å². The Balaban J connectivity index is 1.19. The number of methoxy groups -OCH3 is 1. The second kappa shape index (κ2) is 12.8. The maximum absolute atomic E-state index is 15.9. The molecule has 3 saturated heterocycles. The molecule has 4 heterocycles. The lowest BCUT2D eigenvalue weighted by Crippen LogP contribution is -2.51. The fourth-order valence-electron chi connectivity index (χ4n) is 6.85. The topological polar surface area (TPSA) is 83.6 Å². The zero-order valence-corrected chi connectivity index (χ0v) is 27.7. The number of fused-ring (bicyclic) bond motifs is 3. The smallest absolute Gasteiger partial charge is 0.263 e. The monoisotopic (exact) mass is 686 g/mol. The number of rotatable bonds is 7. The van der Waals surface area contributed by atoms with Crippen LogP contribution in [-0.2, 0) is 16.0 Å². The van der Waals surface area contributed by atoms with Gasteiger partial charge in [0.2, 0.25) is 0 Å². The van der Waals surface area contributed by atoms with Crippen LogP contribution in [-0.4, -0.2) is 81.3 Å². The van der Waals surface area contributed by atoms with Crippen molar-refractivity contribution >= 4 is 58.3 Å². The van der Waals surface area contributed by atoms with Gasteiger partial charge in [-0.15, -0.1) is 0 Å². The van der Waals surface area contributed by atoms with Crippen molar-refractivity contribution < 1.29 is 28.2 Å². The quantitative estimate of drug-likeness (QED) is 0.303. The van der Waals surface area contributed by atoms with E-state index in [9.17, 15) is 9.59 Å². The Morgan fingerprint density at radius 1 is 1.04 bits per heavy atom. The Morgan fingerprint density at radius 2 is 1.76 bits per heavy atom. The van der Waals surface area contributed by atoms with Gasteiger partial charge in [-0.1, -0.05) is 53.3 Å². The van der Waals surface area contributed by atoms with Gasteiger partial charge in [0.15, 0.2) is 6.73 Å². The highest BCUT2D eigenvalue weighted by atomic mass is 35.5. The molecule has 1 N–H and O–H groups in total. The molecular weight excluding hydrogens is 654 g/mol. The van der Waals surface area contributed by atoms with Crippen LogP contribution in [0.2, 0.25) is 10.0 Å². The molecule has 4 aliphatic rings. The Kier molecular flexibility index (Phi) is 8.71. The van der Waals surface area contributed by atoms with E-state index in [2.05, 4.69) is 14.5 Å². The summed E-state index contributed by atoms with van der Waals surface area (Å²) in [7, 11) is 1.68. The van der Waals surface area contributed by atoms with E-state index in [1.807, 2.05) is 12.1 Å². The molecular formula is C33H33Cl2FN4O5S. The molecule has 2 atom stereocenters. The molecule has 0 aromatic heterocycles. The van der Waals surface area contributed by atoms with Crippen molar-refractivity contribution in [3.63, 3.8) is 0 Å². The van der Waals surface area contributed by atoms with Crippen LogP contribution >= 0.6 is 35.1 Å². The molecule has 0 radical (unpaired) electrons. The van der Waals surface area contributed by atoms with Crippen molar-refractivity contribution in [2.75, 3.05) is 56.2 Å². The summed E-state index contributed by atoms with van der Waals surface area (Å²) in [4.78, 5) is 32.6. The molecule has 0 spiro atoms. The number of halogens is 3. The van der Waals surface area contributed by atoms with E-state index in [1.54, 1.807) is 37.6 Å². The van der Waals surface area contributed by atoms with Gasteiger partial charge in [0.25, 0.3) is 11.8 Å². The first-order valence-electron chi connectivity index (χ1n) is 15.1. The lowest BCUT2D eigenvalue weighted by atomic mass is 9.96. The number of hydrogen-bond acceptors (Lipinski definition) is 8. The summed E-state index contributed by atoms with van der Waals surface area (Å²) in [6, 6.07) is 12.2. The highest BCUT2D eigenvalue weighted by molar-refractivity contribution is 7.97. The number of nitrogens with one attached hydrogen (secondary N) is 1. The predicted molar refractivity (Wildman–Crippen MR) is 178 cm³/mol. The number of para-hydroxylation sites is 1. The van der Waals surface area contributed by atoms with E-state index < -0.39 is 5.82 Å². The molecule has 2 unspecified atom stereocenters. The molecule has 13 heteroatoms. The normalized spacial score (nSPS) is 20.7. The average Bonchev–Trinajstić information content (AvgIpc) is 3.26. The second-order valence-corrected chi connectivity index (χ2v) is 13.4. The molecule has 3 aromatic carbocycles. The minimum atomic E-state index is -0.538. The largest absolute Gasteiger partial charge is 0.472 e. The Labute approximate surface area is 281 Å². The minimum absolute atomic E-state index is 0.0742. The second-order valence-electron chi connectivity index (χ2n) is 11.9.